The average Bonchev–Trinajstić information content (AvgIpc) is 2.63. The number of halogens is 3. The maximum absolute atomic E-state index is 12.6. The van der Waals surface area contributed by atoms with Crippen molar-refractivity contribution in [2.45, 2.75) is 26.6 Å². The number of hydrogen-bond acceptors (Lipinski definition) is 4. The van der Waals surface area contributed by atoms with Crippen LogP contribution in [0, 0.1) is 5.92 Å². The molecular weight excluding hydrogens is 361 g/mol. The number of rotatable bonds is 6. The molecule has 0 radical (unpaired) electrons. The first-order valence-corrected chi connectivity index (χ1v) is 8.28. The normalized spacial score (nSPS) is 11.3. The number of carbonyl (C=O) groups excluding carboxylic acids is 2. The molecule has 2 aromatic carbocycles. The van der Waals surface area contributed by atoms with Crippen LogP contribution in [0.3, 0.4) is 0 Å². The van der Waals surface area contributed by atoms with E-state index in [1.54, 1.807) is 12.1 Å². The van der Waals surface area contributed by atoms with Gasteiger partial charge in [0.25, 0.3) is 0 Å². The molecule has 0 aromatic heterocycles. The lowest BCUT2D eigenvalue weighted by Crippen LogP contribution is -2.16. The average molecular weight is 380 g/mol. The molecule has 0 heterocycles. The Kier molecular flexibility index (Phi) is 6.60. The summed E-state index contributed by atoms with van der Waals surface area (Å²) in [7, 11) is 0. The lowest BCUT2D eigenvalue weighted by Gasteiger charge is -2.11. The summed E-state index contributed by atoms with van der Waals surface area (Å²) in [5.41, 5.74) is -0.263. The van der Waals surface area contributed by atoms with Gasteiger partial charge in [-0.15, -0.1) is 0 Å². The highest BCUT2D eigenvalue weighted by Gasteiger charge is 2.30. The molecule has 0 aliphatic heterocycles. The Balaban J connectivity index is 2.05. The quantitative estimate of drug-likeness (QED) is 0.671. The SMILES string of the molecule is CC(C)COC(=O)c1ccccc1C(=O)OCc1ccc(C(F)(F)F)cc1. The van der Waals surface area contributed by atoms with Crippen molar-refractivity contribution in [3.8, 4) is 0 Å². The summed E-state index contributed by atoms with van der Waals surface area (Å²) in [5.74, 6) is -1.24. The second-order valence-electron chi connectivity index (χ2n) is 6.31. The minimum Gasteiger partial charge on any atom is -0.462 e. The van der Waals surface area contributed by atoms with Crippen molar-refractivity contribution < 1.29 is 32.2 Å². The fourth-order valence-electron chi connectivity index (χ4n) is 2.18. The van der Waals surface area contributed by atoms with E-state index in [0.717, 1.165) is 12.1 Å². The Morgan fingerprint density at radius 2 is 1.41 bits per heavy atom. The molecule has 0 bridgehead atoms. The molecule has 27 heavy (non-hydrogen) atoms. The fraction of sp³-hybridized carbons (Fsp3) is 0.300. The van der Waals surface area contributed by atoms with Gasteiger partial charge in [-0.25, -0.2) is 9.59 Å². The van der Waals surface area contributed by atoms with Crippen molar-refractivity contribution in [1.82, 2.24) is 0 Å². The number of benzene rings is 2. The van der Waals surface area contributed by atoms with Crippen LogP contribution in [0.2, 0.25) is 0 Å². The standard InChI is InChI=1S/C20H19F3O4/c1-13(2)11-26-18(24)16-5-3-4-6-17(16)19(25)27-12-14-7-9-15(10-8-14)20(21,22)23/h3-10,13H,11-12H2,1-2H3. The molecular formula is C20H19F3O4. The Morgan fingerprint density at radius 3 is 1.89 bits per heavy atom. The van der Waals surface area contributed by atoms with Crippen molar-refractivity contribution >= 4 is 11.9 Å². The van der Waals surface area contributed by atoms with E-state index in [-0.39, 0.29) is 30.3 Å². The molecule has 0 atom stereocenters. The van der Waals surface area contributed by atoms with Gasteiger partial charge in [-0.3, -0.25) is 0 Å². The monoisotopic (exact) mass is 380 g/mol. The molecule has 0 unspecified atom stereocenters. The Hall–Kier alpha value is -2.83. The maximum atomic E-state index is 12.6. The molecule has 0 aliphatic rings. The lowest BCUT2D eigenvalue weighted by molar-refractivity contribution is -0.137. The van der Waals surface area contributed by atoms with Crippen LogP contribution >= 0.6 is 0 Å². The zero-order valence-electron chi connectivity index (χ0n) is 14.9. The van der Waals surface area contributed by atoms with Crippen molar-refractivity contribution in [2.75, 3.05) is 6.61 Å². The summed E-state index contributed by atoms with van der Waals surface area (Å²) in [6.45, 7) is 3.77. The van der Waals surface area contributed by atoms with Crippen LogP contribution in [-0.2, 0) is 22.3 Å². The van der Waals surface area contributed by atoms with Crippen LogP contribution in [0.25, 0.3) is 0 Å². The maximum Gasteiger partial charge on any atom is 0.416 e. The topological polar surface area (TPSA) is 52.6 Å². The molecule has 2 aromatic rings. The van der Waals surface area contributed by atoms with Gasteiger partial charge in [-0.1, -0.05) is 38.1 Å². The molecule has 2 rings (SSSR count). The molecule has 0 saturated carbocycles. The number of ether oxygens (including phenoxy) is 2. The molecule has 0 saturated heterocycles. The zero-order chi connectivity index (χ0) is 20.0. The number of esters is 2. The van der Waals surface area contributed by atoms with Crippen LogP contribution in [0.4, 0.5) is 13.2 Å². The third kappa shape index (κ3) is 5.84. The summed E-state index contributed by atoms with van der Waals surface area (Å²) in [5, 5.41) is 0. The fourth-order valence-corrected chi connectivity index (χ4v) is 2.18. The van der Waals surface area contributed by atoms with Gasteiger partial charge in [-0.2, -0.15) is 13.2 Å². The van der Waals surface area contributed by atoms with Gasteiger partial charge in [0.05, 0.1) is 23.3 Å². The Bertz CT molecular complexity index is 796. The van der Waals surface area contributed by atoms with Gasteiger partial charge in [0.1, 0.15) is 6.61 Å². The van der Waals surface area contributed by atoms with Crippen LogP contribution in [-0.4, -0.2) is 18.5 Å². The summed E-state index contributed by atoms with van der Waals surface area (Å²) in [6.07, 6.45) is -4.43. The van der Waals surface area contributed by atoms with Crippen LogP contribution in [0.5, 0.6) is 0 Å². The number of alkyl halides is 3. The first kappa shape index (κ1) is 20.5. The molecule has 144 valence electrons. The Labute approximate surface area is 154 Å². The van der Waals surface area contributed by atoms with Crippen LogP contribution in [0.15, 0.2) is 48.5 Å². The molecule has 0 N–H and O–H groups in total. The molecule has 4 nitrogen and oxygen atoms in total. The van der Waals surface area contributed by atoms with Gasteiger partial charge < -0.3 is 9.47 Å². The highest BCUT2D eigenvalue weighted by atomic mass is 19.4. The Morgan fingerprint density at radius 1 is 0.889 bits per heavy atom. The second-order valence-corrected chi connectivity index (χ2v) is 6.31. The van der Waals surface area contributed by atoms with Gasteiger partial charge >= 0.3 is 18.1 Å². The van der Waals surface area contributed by atoms with Crippen molar-refractivity contribution in [1.29, 1.82) is 0 Å². The van der Waals surface area contributed by atoms with E-state index in [2.05, 4.69) is 0 Å². The predicted molar refractivity (Wildman–Crippen MR) is 92.1 cm³/mol. The van der Waals surface area contributed by atoms with Crippen molar-refractivity contribution in [3.05, 3.63) is 70.8 Å². The van der Waals surface area contributed by atoms with Gasteiger partial charge in [0, 0.05) is 0 Å². The predicted octanol–water partition coefficient (Wildman–Crippen LogP) is 4.88. The zero-order valence-corrected chi connectivity index (χ0v) is 14.9. The molecule has 0 amide bonds. The largest absolute Gasteiger partial charge is 0.462 e. The van der Waals surface area contributed by atoms with E-state index in [0.29, 0.717) is 5.56 Å². The number of hydrogen-bond donors (Lipinski definition) is 0. The van der Waals surface area contributed by atoms with Crippen LogP contribution in [0.1, 0.15) is 45.7 Å². The first-order valence-electron chi connectivity index (χ1n) is 8.28. The van der Waals surface area contributed by atoms with Crippen molar-refractivity contribution in [3.63, 3.8) is 0 Å². The van der Waals surface area contributed by atoms with E-state index in [9.17, 15) is 22.8 Å². The van der Waals surface area contributed by atoms with E-state index in [1.165, 1.54) is 24.3 Å². The van der Waals surface area contributed by atoms with Gasteiger partial charge in [0.15, 0.2) is 0 Å². The van der Waals surface area contributed by atoms with Crippen molar-refractivity contribution in [2.24, 2.45) is 5.92 Å². The smallest absolute Gasteiger partial charge is 0.416 e. The molecule has 7 heteroatoms. The van der Waals surface area contributed by atoms with E-state index in [4.69, 9.17) is 9.47 Å². The summed E-state index contributed by atoms with van der Waals surface area (Å²) in [4.78, 5) is 24.4. The minimum absolute atomic E-state index is 0.0400. The molecule has 0 fully saturated rings. The summed E-state index contributed by atoms with van der Waals surface area (Å²) >= 11 is 0. The molecule has 0 aliphatic carbocycles. The van der Waals surface area contributed by atoms with Gasteiger partial charge in [0.2, 0.25) is 0 Å². The third-order valence-corrected chi connectivity index (χ3v) is 3.57. The first-order chi connectivity index (χ1) is 12.7. The molecule has 0 spiro atoms. The van der Waals surface area contributed by atoms with Gasteiger partial charge in [-0.05, 0) is 35.7 Å². The third-order valence-electron chi connectivity index (χ3n) is 3.57. The van der Waals surface area contributed by atoms with E-state index < -0.39 is 23.7 Å². The second kappa shape index (κ2) is 8.70. The minimum atomic E-state index is -4.43. The summed E-state index contributed by atoms with van der Waals surface area (Å²) < 4.78 is 47.9. The summed E-state index contributed by atoms with van der Waals surface area (Å²) in [6, 6.07) is 10.4. The van der Waals surface area contributed by atoms with Crippen LogP contribution < -0.4 is 0 Å². The highest BCUT2D eigenvalue weighted by molar-refractivity contribution is 6.03. The number of carbonyl (C=O) groups is 2. The lowest BCUT2D eigenvalue weighted by atomic mass is 10.1. The highest BCUT2D eigenvalue weighted by Crippen LogP contribution is 2.29. The van der Waals surface area contributed by atoms with E-state index >= 15 is 0 Å². The van der Waals surface area contributed by atoms with E-state index in [1.807, 2.05) is 13.8 Å².